The van der Waals surface area contributed by atoms with Crippen molar-refractivity contribution in [1.29, 1.82) is 0 Å². The monoisotopic (exact) mass is 311 g/mol. The summed E-state index contributed by atoms with van der Waals surface area (Å²) in [6.45, 7) is 2.46. The molecule has 0 unspecified atom stereocenters. The predicted octanol–water partition coefficient (Wildman–Crippen LogP) is 2.90. The molecular weight excluding hydrogens is 298 g/mol. The van der Waals surface area contributed by atoms with E-state index in [9.17, 15) is 17.6 Å². The number of benzene rings is 1. The summed E-state index contributed by atoms with van der Waals surface area (Å²) < 4.78 is 53.9. The van der Waals surface area contributed by atoms with Crippen molar-refractivity contribution in [1.82, 2.24) is 14.9 Å². The summed E-state index contributed by atoms with van der Waals surface area (Å²) in [5.41, 5.74) is 1.17. The Balaban J connectivity index is 1.85. The highest BCUT2D eigenvalue weighted by atomic mass is 19.2. The molecule has 0 radical (unpaired) electrons. The van der Waals surface area contributed by atoms with Crippen molar-refractivity contribution in [2.45, 2.75) is 26.4 Å². The molecular formula is C15H13F4N3. The van der Waals surface area contributed by atoms with Gasteiger partial charge < -0.3 is 0 Å². The van der Waals surface area contributed by atoms with Gasteiger partial charge in [-0.15, -0.1) is 0 Å². The van der Waals surface area contributed by atoms with Crippen LogP contribution >= 0.6 is 0 Å². The van der Waals surface area contributed by atoms with E-state index >= 15 is 0 Å². The molecule has 3 rings (SSSR count). The summed E-state index contributed by atoms with van der Waals surface area (Å²) in [7, 11) is 0. The summed E-state index contributed by atoms with van der Waals surface area (Å²) >= 11 is 0. The van der Waals surface area contributed by atoms with E-state index in [1.165, 1.54) is 0 Å². The van der Waals surface area contributed by atoms with E-state index in [0.29, 0.717) is 25.3 Å². The second kappa shape index (κ2) is 5.64. The third kappa shape index (κ3) is 2.68. The maximum Gasteiger partial charge on any atom is 0.166 e. The Kier molecular flexibility index (Phi) is 3.82. The Hall–Kier alpha value is -2.02. The largest absolute Gasteiger partial charge is 0.294 e. The van der Waals surface area contributed by atoms with Crippen LogP contribution in [0.3, 0.4) is 0 Å². The molecule has 22 heavy (non-hydrogen) atoms. The minimum Gasteiger partial charge on any atom is -0.294 e. The van der Waals surface area contributed by atoms with E-state index in [-0.39, 0.29) is 12.6 Å². The lowest BCUT2D eigenvalue weighted by atomic mass is 10.1. The van der Waals surface area contributed by atoms with Crippen LogP contribution in [0.15, 0.2) is 12.3 Å². The van der Waals surface area contributed by atoms with Crippen molar-refractivity contribution >= 4 is 0 Å². The number of aryl methyl sites for hydroxylation is 1. The van der Waals surface area contributed by atoms with Crippen molar-refractivity contribution in [3.05, 3.63) is 58.2 Å². The summed E-state index contributed by atoms with van der Waals surface area (Å²) in [5.74, 6) is -4.79. The highest BCUT2D eigenvalue weighted by Crippen LogP contribution is 2.24. The minimum absolute atomic E-state index is 0.209. The van der Waals surface area contributed by atoms with Crippen LogP contribution in [0.25, 0.3) is 0 Å². The van der Waals surface area contributed by atoms with Gasteiger partial charge in [-0.1, -0.05) is 0 Å². The zero-order valence-corrected chi connectivity index (χ0v) is 11.8. The van der Waals surface area contributed by atoms with Gasteiger partial charge in [0.1, 0.15) is 5.82 Å². The lowest BCUT2D eigenvalue weighted by Crippen LogP contribution is -2.32. The van der Waals surface area contributed by atoms with E-state index in [0.717, 1.165) is 11.3 Å². The van der Waals surface area contributed by atoms with Crippen molar-refractivity contribution < 1.29 is 17.6 Å². The van der Waals surface area contributed by atoms with Crippen LogP contribution in [0.2, 0.25) is 0 Å². The van der Waals surface area contributed by atoms with Gasteiger partial charge in [0.25, 0.3) is 0 Å². The number of halogens is 4. The van der Waals surface area contributed by atoms with E-state index in [4.69, 9.17) is 0 Å². The Morgan fingerprint density at radius 2 is 1.82 bits per heavy atom. The first-order valence-corrected chi connectivity index (χ1v) is 6.81. The molecule has 0 saturated heterocycles. The molecule has 0 saturated carbocycles. The molecule has 116 valence electrons. The lowest BCUT2D eigenvalue weighted by Gasteiger charge is -2.28. The fourth-order valence-corrected chi connectivity index (χ4v) is 2.59. The van der Waals surface area contributed by atoms with Gasteiger partial charge in [0, 0.05) is 55.1 Å². The first-order valence-electron chi connectivity index (χ1n) is 6.81. The van der Waals surface area contributed by atoms with E-state index in [1.54, 1.807) is 18.0 Å². The van der Waals surface area contributed by atoms with E-state index in [2.05, 4.69) is 9.97 Å². The first-order chi connectivity index (χ1) is 10.5. The average Bonchev–Trinajstić information content (AvgIpc) is 2.49. The van der Waals surface area contributed by atoms with Crippen LogP contribution in [0.4, 0.5) is 17.6 Å². The molecule has 0 amide bonds. The molecule has 0 spiro atoms. The van der Waals surface area contributed by atoms with E-state index < -0.39 is 28.8 Å². The van der Waals surface area contributed by atoms with Gasteiger partial charge in [-0.2, -0.15) is 0 Å². The predicted molar refractivity (Wildman–Crippen MR) is 70.9 cm³/mol. The molecule has 0 bridgehead atoms. The van der Waals surface area contributed by atoms with Crippen LogP contribution in [0.1, 0.15) is 22.6 Å². The number of rotatable bonds is 2. The molecule has 1 aromatic heterocycles. The molecule has 0 aliphatic carbocycles. The fourth-order valence-electron chi connectivity index (χ4n) is 2.59. The number of hydrogen-bond acceptors (Lipinski definition) is 3. The minimum atomic E-state index is -1.38. The summed E-state index contributed by atoms with van der Waals surface area (Å²) in [5, 5.41) is 0. The summed E-state index contributed by atoms with van der Waals surface area (Å²) in [4.78, 5) is 10.1. The topological polar surface area (TPSA) is 29.0 Å². The Morgan fingerprint density at radius 1 is 1.14 bits per heavy atom. The lowest BCUT2D eigenvalue weighted by molar-refractivity contribution is 0.233. The second-order valence-electron chi connectivity index (χ2n) is 5.30. The number of nitrogens with zero attached hydrogens (tertiary/aromatic N) is 3. The quantitative estimate of drug-likeness (QED) is 0.631. The van der Waals surface area contributed by atoms with Crippen molar-refractivity contribution in [3.8, 4) is 0 Å². The van der Waals surface area contributed by atoms with Gasteiger partial charge in [-0.25, -0.2) is 27.5 Å². The maximum absolute atomic E-state index is 13.7. The second-order valence-corrected chi connectivity index (χ2v) is 5.30. The molecule has 7 heteroatoms. The standard InChI is InChI=1S/C15H13F4N3/c1-8-20-5-9-6-22(3-2-13(9)21-8)7-10-14(18)11(16)4-12(17)15(10)19/h4-5H,2-3,6-7H2,1H3. The molecule has 2 heterocycles. The average molecular weight is 311 g/mol. The van der Waals surface area contributed by atoms with Crippen LogP contribution < -0.4 is 0 Å². The van der Waals surface area contributed by atoms with Crippen molar-refractivity contribution in [2.75, 3.05) is 6.54 Å². The third-order valence-corrected chi connectivity index (χ3v) is 3.72. The first kappa shape index (κ1) is 14.9. The zero-order chi connectivity index (χ0) is 15.9. The third-order valence-electron chi connectivity index (χ3n) is 3.72. The maximum atomic E-state index is 13.7. The number of aromatic nitrogens is 2. The highest BCUT2D eigenvalue weighted by Gasteiger charge is 2.24. The zero-order valence-electron chi connectivity index (χ0n) is 11.8. The molecule has 0 N–H and O–H groups in total. The Labute approximate surface area is 124 Å². The molecule has 2 aromatic rings. The van der Waals surface area contributed by atoms with Crippen molar-refractivity contribution in [3.63, 3.8) is 0 Å². The molecule has 3 nitrogen and oxygen atoms in total. The summed E-state index contributed by atoms with van der Waals surface area (Å²) in [6, 6.07) is 0.219. The van der Waals surface area contributed by atoms with Gasteiger partial charge in [0.05, 0.1) is 0 Å². The molecule has 1 aromatic carbocycles. The normalized spacial score (nSPS) is 15.0. The van der Waals surface area contributed by atoms with Gasteiger partial charge in [-0.3, -0.25) is 4.90 Å². The number of fused-ring (bicyclic) bond motifs is 1. The highest BCUT2D eigenvalue weighted by molar-refractivity contribution is 5.24. The van der Waals surface area contributed by atoms with Gasteiger partial charge in [0.15, 0.2) is 23.3 Å². The summed E-state index contributed by atoms with van der Waals surface area (Å²) in [6.07, 6.45) is 2.27. The molecule has 1 aliphatic heterocycles. The SMILES string of the molecule is Cc1ncc2c(n1)CCN(Cc1c(F)c(F)cc(F)c1F)C2. The number of hydrogen-bond donors (Lipinski definition) is 0. The van der Waals surface area contributed by atoms with Crippen LogP contribution in [0, 0.1) is 30.2 Å². The molecule has 1 aliphatic rings. The van der Waals surface area contributed by atoms with E-state index in [1.807, 2.05) is 0 Å². The Morgan fingerprint density at radius 3 is 2.50 bits per heavy atom. The molecule has 0 atom stereocenters. The van der Waals surface area contributed by atoms with Crippen LogP contribution in [-0.4, -0.2) is 21.4 Å². The van der Waals surface area contributed by atoms with Gasteiger partial charge in [-0.05, 0) is 6.92 Å². The Bertz CT molecular complexity index is 707. The van der Waals surface area contributed by atoms with Crippen LogP contribution in [-0.2, 0) is 19.5 Å². The van der Waals surface area contributed by atoms with Crippen molar-refractivity contribution in [2.24, 2.45) is 0 Å². The van der Waals surface area contributed by atoms with Gasteiger partial charge in [0.2, 0.25) is 0 Å². The van der Waals surface area contributed by atoms with Gasteiger partial charge >= 0.3 is 0 Å². The van der Waals surface area contributed by atoms with Crippen LogP contribution in [0.5, 0.6) is 0 Å². The molecule has 0 fully saturated rings. The fraction of sp³-hybridized carbons (Fsp3) is 0.333. The smallest absolute Gasteiger partial charge is 0.166 e.